The highest BCUT2D eigenvalue weighted by Gasteiger charge is 2.51. The molecule has 0 aromatic heterocycles. The molecule has 3 aliphatic heterocycles. The lowest BCUT2D eigenvalue weighted by Crippen LogP contribution is -2.47. The van der Waals surface area contributed by atoms with Gasteiger partial charge in [0.2, 0.25) is 0 Å². The number of carbonyl (C=O) groups is 1. The van der Waals surface area contributed by atoms with Crippen LogP contribution in [0.15, 0.2) is 18.2 Å². The van der Waals surface area contributed by atoms with Gasteiger partial charge in [-0.15, -0.1) is 0 Å². The summed E-state index contributed by atoms with van der Waals surface area (Å²) in [6.07, 6.45) is 3.54. The van der Waals surface area contributed by atoms with E-state index in [0.29, 0.717) is 18.1 Å². The van der Waals surface area contributed by atoms with Crippen LogP contribution >= 0.6 is 0 Å². The zero-order valence-corrected chi connectivity index (χ0v) is 13.2. The van der Waals surface area contributed by atoms with Gasteiger partial charge in [0.15, 0.2) is 0 Å². The molecule has 1 aromatic rings. The second-order valence-corrected chi connectivity index (χ2v) is 7.24. The van der Waals surface area contributed by atoms with Crippen LogP contribution in [0.1, 0.15) is 49.0 Å². The summed E-state index contributed by atoms with van der Waals surface area (Å²) in [5, 5.41) is 0. The number of nitrogens with zero attached hydrogens (tertiary/aromatic N) is 2. The maximum absolute atomic E-state index is 13.2. The van der Waals surface area contributed by atoms with Crippen LogP contribution in [0.25, 0.3) is 0 Å². The Bertz CT molecular complexity index is 597. The van der Waals surface area contributed by atoms with Crippen LogP contribution in [0.2, 0.25) is 0 Å². The normalized spacial score (nSPS) is 34.5. The van der Waals surface area contributed by atoms with E-state index in [2.05, 4.69) is 48.8 Å². The zero-order valence-electron chi connectivity index (χ0n) is 13.2. The number of carbonyl (C=O) groups excluding carboxylic acids is 1. The molecule has 3 heteroatoms. The molecule has 21 heavy (non-hydrogen) atoms. The van der Waals surface area contributed by atoms with E-state index in [1.54, 1.807) is 0 Å². The van der Waals surface area contributed by atoms with Gasteiger partial charge in [-0.25, -0.2) is 0 Å². The fraction of sp³-hybridized carbons (Fsp3) is 0.611. The predicted molar refractivity (Wildman–Crippen MR) is 84.7 cm³/mol. The first kappa shape index (κ1) is 13.2. The van der Waals surface area contributed by atoms with Crippen LogP contribution in [0, 0.1) is 12.8 Å². The molecule has 0 radical (unpaired) electrons. The second kappa shape index (κ2) is 4.49. The number of anilines is 1. The first-order valence-corrected chi connectivity index (χ1v) is 8.27. The smallest absolute Gasteiger partial charge is 0.256 e. The van der Waals surface area contributed by atoms with E-state index in [1.807, 2.05) is 0 Å². The van der Waals surface area contributed by atoms with E-state index in [1.165, 1.54) is 12.1 Å². The summed E-state index contributed by atoms with van der Waals surface area (Å²) in [5.41, 5.74) is 3.23. The third-order valence-corrected chi connectivity index (χ3v) is 5.63. The number of benzene rings is 1. The number of rotatable bonds is 0. The Balaban J connectivity index is 1.83. The summed E-state index contributed by atoms with van der Waals surface area (Å²) in [6.45, 7) is 7.76. The first-order chi connectivity index (χ1) is 10.1. The SMILES string of the molecule is Cc1cccc2c1C(=O)N1C(C)CC(C)CCC1C1CN21. The molecule has 1 aromatic carbocycles. The topological polar surface area (TPSA) is 23.3 Å². The molecule has 4 unspecified atom stereocenters. The van der Waals surface area contributed by atoms with Crippen LogP contribution in [0.4, 0.5) is 5.69 Å². The molecule has 0 N–H and O–H groups in total. The molecule has 4 rings (SSSR count). The van der Waals surface area contributed by atoms with Gasteiger partial charge in [-0.1, -0.05) is 19.1 Å². The zero-order chi connectivity index (χ0) is 14.7. The molecule has 0 aliphatic carbocycles. The third kappa shape index (κ3) is 1.90. The predicted octanol–water partition coefficient (Wildman–Crippen LogP) is 3.22. The maximum Gasteiger partial charge on any atom is 0.256 e. The maximum atomic E-state index is 13.2. The number of hydrogen-bond acceptors (Lipinski definition) is 2. The summed E-state index contributed by atoms with van der Waals surface area (Å²) in [6, 6.07) is 7.58. The molecule has 3 aliphatic rings. The lowest BCUT2D eigenvalue weighted by Gasteiger charge is -2.34. The van der Waals surface area contributed by atoms with Crippen molar-refractivity contribution in [3.8, 4) is 0 Å². The highest BCUT2D eigenvalue weighted by atomic mass is 16.2. The molecule has 2 fully saturated rings. The van der Waals surface area contributed by atoms with Gasteiger partial charge in [-0.3, -0.25) is 4.79 Å². The van der Waals surface area contributed by atoms with Gasteiger partial charge in [-0.2, -0.15) is 0 Å². The highest BCUT2D eigenvalue weighted by Crippen LogP contribution is 2.43. The number of hydrogen-bond donors (Lipinski definition) is 0. The molecule has 112 valence electrons. The van der Waals surface area contributed by atoms with Gasteiger partial charge >= 0.3 is 0 Å². The van der Waals surface area contributed by atoms with Crippen LogP contribution in [0.3, 0.4) is 0 Å². The van der Waals surface area contributed by atoms with E-state index in [0.717, 1.165) is 36.4 Å². The van der Waals surface area contributed by atoms with E-state index >= 15 is 0 Å². The van der Waals surface area contributed by atoms with Gasteiger partial charge < -0.3 is 9.80 Å². The Morgan fingerprint density at radius 3 is 2.76 bits per heavy atom. The Morgan fingerprint density at radius 1 is 1.14 bits per heavy atom. The average molecular weight is 284 g/mol. The lowest BCUT2D eigenvalue weighted by molar-refractivity contribution is 0.0598. The molecule has 3 heterocycles. The van der Waals surface area contributed by atoms with Gasteiger partial charge in [-0.05, 0) is 50.7 Å². The average Bonchev–Trinajstić information content (AvgIpc) is 3.21. The highest BCUT2D eigenvalue weighted by molar-refractivity contribution is 6.03. The minimum atomic E-state index is 0.266. The second-order valence-electron chi connectivity index (χ2n) is 7.24. The van der Waals surface area contributed by atoms with E-state index in [9.17, 15) is 4.79 Å². The van der Waals surface area contributed by atoms with Crippen molar-refractivity contribution in [3.63, 3.8) is 0 Å². The van der Waals surface area contributed by atoms with Crippen molar-refractivity contribution in [2.45, 2.75) is 58.2 Å². The monoisotopic (exact) mass is 284 g/mol. The molecule has 2 saturated heterocycles. The van der Waals surface area contributed by atoms with Crippen LogP contribution in [-0.4, -0.2) is 35.5 Å². The molecular weight excluding hydrogens is 260 g/mol. The van der Waals surface area contributed by atoms with E-state index in [4.69, 9.17) is 0 Å². The van der Waals surface area contributed by atoms with Crippen molar-refractivity contribution < 1.29 is 4.79 Å². The minimum absolute atomic E-state index is 0.266. The molecule has 0 spiro atoms. The fourth-order valence-electron chi connectivity index (χ4n) is 4.52. The first-order valence-electron chi connectivity index (χ1n) is 8.27. The largest absolute Gasteiger partial charge is 0.362 e. The van der Waals surface area contributed by atoms with Gasteiger partial charge in [0.25, 0.3) is 5.91 Å². The minimum Gasteiger partial charge on any atom is -0.362 e. The summed E-state index contributed by atoms with van der Waals surface area (Å²) in [5.74, 6) is 0.991. The van der Waals surface area contributed by atoms with Crippen LogP contribution in [0.5, 0.6) is 0 Å². The van der Waals surface area contributed by atoms with Gasteiger partial charge in [0.05, 0.1) is 23.3 Å². The lowest BCUT2D eigenvalue weighted by atomic mass is 9.98. The van der Waals surface area contributed by atoms with Gasteiger partial charge in [0.1, 0.15) is 0 Å². The fourth-order valence-corrected chi connectivity index (χ4v) is 4.52. The van der Waals surface area contributed by atoms with E-state index in [-0.39, 0.29) is 5.91 Å². The molecule has 3 nitrogen and oxygen atoms in total. The molecule has 0 saturated carbocycles. The molecule has 0 bridgehead atoms. The van der Waals surface area contributed by atoms with Crippen LogP contribution < -0.4 is 4.90 Å². The Morgan fingerprint density at radius 2 is 1.95 bits per heavy atom. The summed E-state index contributed by atoms with van der Waals surface area (Å²) in [4.78, 5) is 17.9. The van der Waals surface area contributed by atoms with E-state index < -0.39 is 0 Å². The Labute approximate surface area is 126 Å². The van der Waals surface area contributed by atoms with Crippen LogP contribution in [-0.2, 0) is 0 Å². The summed E-state index contributed by atoms with van der Waals surface area (Å²) < 4.78 is 0. The van der Waals surface area contributed by atoms with Crippen molar-refractivity contribution in [1.82, 2.24) is 4.90 Å². The molecule has 4 atom stereocenters. The quantitative estimate of drug-likeness (QED) is 0.683. The summed E-state index contributed by atoms with van der Waals surface area (Å²) >= 11 is 0. The number of aryl methyl sites for hydroxylation is 1. The Hall–Kier alpha value is -1.51. The molecular formula is C18H24N2O. The summed E-state index contributed by atoms with van der Waals surface area (Å²) in [7, 11) is 0. The third-order valence-electron chi connectivity index (χ3n) is 5.63. The standard InChI is InChI=1S/C18H24N2O/c1-11-7-8-14-16-10-19(16)15-6-4-5-12(2)17(15)18(21)20(14)13(3)9-11/h4-6,11,13-14,16H,7-10H2,1-3H3. The molecule has 1 amide bonds. The van der Waals surface area contributed by atoms with Gasteiger partial charge in [0, 0.05) is 12.6 Å². The number of fused-ring (bicyclic) bond motifs is 5. The van der Waals surface area contributed by atoms with Crippen molar-refractivity contribution in [2.24, 2.45) is 5.92 Å². The Kier molecular flexibility index (Phi) is 2.82. The van der Waals surface area contributed by atoms with Crippen molar-refractivity contribution in [2.75, 3.05) is 11.4 Å². The van der Waals surface area contributed by atoms with Crippen molar-refractivity contribution in [3.05, 3.63) is 29.3 Å². The van der Waals surface area contributed by atoms with Crippen molar-refractivity contribution in [1.29, 1.82) is 0 Å². The van der Waals surface area contributed by atoms with Crippen molar-refractivity contribution >= 4 is 11.6 Å². The number of amides is 1.